The van der Waals surface area contributed by atoms with Gasteiger partial charge >= 0.3 is 5.97 Å². The molecule has 18 heavy (non-hydrogen) atoms. The smallest absolute Gasteiger partial charge is 0.313 e. The Hall–Kier alpha value is -0.900. The van der Waals surface area contributed by atoms with E-state index in [9.17, 15) is 4.79 Å². The number of carbonyl (C=O) groups excluding carboxylic acids is 1. The van der Waals surface area contributed by atoms with Crippen LogP contribution in [-0.2, 0) is 9.53 Å². The number of hydrogen-bond donors (Lipinski definition) is 0. The Bertz CT molecular complexity index is 413. The zero-order chi connectivity index (χ0) is 13.8. The van der Waals surface area contributed by atoms with Gasteiger partial charge in [-0.1, -0.05) is 13.3 Å². The molecule has 0 N–H and O–H groups in total. The third-order valence-corrected chi connectivity index (χ3v) is 2.86. The van der Waals surface area contributed by atoms with E-state index < -0.39 is 5.60 Å². The highest BCUT2D eigenvalue weighted by Gasteiger charge is 2.26. The van der Waals surface area contributed by atoms with E-state index in [2.05, 4.69) is 27.8 Å². The van der Waals surface area contributed by atoms with Gasteiger partial charge in [0, 0.05) is 6.20 Å². The average molecular weight is 314 g/mol. The monoisotopic (exact) mass is 313 g/mol. The van der Waals surface area contributed by atoms with Crippen molar-refractivity contribution in [2.24, 2.45) is 0 Å². The van der Waals surface area contributed by atoms with Crippen LogP contribution in [0.3, 0.4) is 0 Å². The normalized spacial score (nSPS) is 13.2. The summed E-state index contributed by atoms with van der Waals surface area (Å²) in [5.74, 6) is -0.379. The molecular weight excluding hydrogens is 294 g/mol. The quantitative estimate of drug-likeness (QED) is 0.621. The second kappa shape index (κ2) is 6.32. The summed E-state index contributed by atoms with van der Waals surface area (Å²) in [7, 11) is 0. The van der Waals surface area contributed by atoms with Crippen molar-refractivity contribution in [2.45, 2.75) is 52.1 Å². The van der Waals surface area contributed by atoms with E-state index in [-0.39, 0.29) is 11.9 Å². The third-order valence-electron chi connectivity index (χ3n) is 2.42. The fourth-order valence-electron chi connectivity index (χ4n) is 1.72. The first-order valence-corrected chi connectivity index (χ1v) is 6.97. The van der Waals surface area contributed by atoms with Gasteiger partial charge in [-0.15, -0.1) is 0 Å². The first-order chi connectivity index (χ1) is 8.33. The number of aromatic nitrogens is 1. The molecule has 0 spiro atoms. The van der Waals surface area contributed by atoms with Crippen molar-refractivity contribution in [1.29, 1.82) is 0 Å². The first-order valence-electron chi connectivity index (χ1n) is 6.18. The van der Waals surface area contributed by atoms with Gasteiger partial charge in [-0.3, -0.25) is 4.79 Å². The maximum Gasteiger partial charge on any atom is 0.313 e. The molecule has 1 rings (SSSR count). The number of esters is 1. The molecule has 0 saturated carbocycles. The Kier molecular flexibility index (Phi) is 5.32. The van der Waals surface area contributed by atoms with E-state index in [0.717, 1.165) is 23.0 Å². The highest BCUT2D eigenvalue weighted by atomic mass is 79.9. The molecule has 0 aliphatic rings. The van der Waals surface area contributed by atoms with Crippen LogP contribution in [0, 0.1) is 0 Å². The molecule has 0 aliphatic carbocycles. The van der Waals surface area contributed by atoms with Crippen molar-refractivity contribution in [2.75, 3.05) is 0 Å². The number of ether oxygens (including phenoxy) is 1. The number of hydrogen-bond acceptors (Lipinski definition) is 3. The molecule has 0 aliphatic heterocycles. The molecule has 1 heterocycles. The molecule has 0 aromatic carbocycles. The van der Waals surface area contributed by atoms with E-state index in [1.807, 2.05) is 32.9 Å². The zero-order valence-corrected chi connectivity index (χ0v) is 13.0. The van der Waals surface area contributed by atoms with Gasteiger partial charge in [-0.25, -0.2) is 4.98 Å². The summed E-state index contributed by atoms with van der Waals surface area (Å²) in [5.41, 5.74) is 0.501. The topological polar surface area (TPSA) is 39.2 Å². The number of nitrogens with zero attached hydrogens (tertiary/aromatic N) is 1. The van der Waals surface area contributed by atoms with E-state index >= 15 is 0 Å². The number of halogens is 1. The fraction of sp³-hybridized carbons (Fsp3) is 0.571. The van der Waals surface area contributed by atoms with Gasteiger partial charge in [-0.05, 0) is 60.8 Å². The minimum Gasteiger partial charge on any atom is -0.459 e. The molecule has 0 radical (unpaired) electrons. The van der Waals surface area contributed by atoms with Crippen molar-refractivity contribution in [3.8, 4) is 0 Å². The summed E-state index contributed by atoms with van der Waals surface area (Å²) in [6.45, 7) is 7.72. The van der Waals surface area contributed by atoms with Crippen LogP contribution >= 0.6 is 15.9 Å². The van der Waals surface area contributed by atoms with Crippen molar-refractivity contribution in [3.05, 3.63) is 28.5 Å². The first kappa shape index (κ1) is 15.2. The van der Waals surface area contributed by atoms with Crippen LogP contribution in [0.2, 0.25) is 0 Å². The van der Waals surface area contributed by atoms with Crippen molar-refractivity contribution < 1.29 is 9.53 Å². The third kappa shape index (κ3) is 4.77. The van der Waals surface area contributed by atoms with Crippen LogP contribution in [0.15, 0.2) is 22.9 Å². The fourth-order valence-corrected chi connectivity index (χ4v) is 2.10. The van der Waals surface area contributed by atoms with Crippen molar-refractivity contribution in [1.82, 2.24) is 4.98 Å². The molecule has 0 saturated heterocycles. The van der Waals surface area contributed by atoms with Crippen LogP contribution in [-0.4, -0.2) is 16.6 Å². The second-order valence-corrected chi connectivity index (χ2v) is 6.10. The van der Waals surface area contributed by atoms with Crippen LogP contribution in [0.5, 0.6) is 0 Å². The van der Waals surface area contributed by atoms with Gasteiger partial charge in [0.05, 0.1) is 5.92 Å². The van der Waals surface area contributed by atoms with E-state index in [0.29, 0.717) is 0 Å². The summed E-state index contributed by atoms with van der Waals surface area (Å²) in [4.78, 5) is 16.3. The molecule has 1 atom stereocenters. The van der Waals surface area contributed by atoms with E-state index in [1.54, 1.807) is 6.20 Å². The summed E-state index contributed by atoms with van der Waals surface area (Å²) < 4.78 is 6.21. The van der Waals surface area contributed by atoms with Gasteiger partial charge < -0.3 is 4.74 Å². The summed E-state index contributed by atoms with van der Waals surface area (Å²) in [6, 6.07) is 3.75. The Labute approximate surface area is 117 Å². The zero-order valence-electron chi connectivity index (χ0n) is 11.4. The lowest BCUT2D eigenvalue weighted by atomic mass is 9.95. The molecule has 1 aromatic heterocycles. The van der Waals surface area contributed by atoms with Gasteiger partial charge in [0.15, 0.2) is 0 Å². The van der Waals surface area contributed by atoms with Gasteiger partial charge in [0.1, 0.15) is 10.2 Å². The largest absolute Gasteiger partial charge is 0.459 e. The number of rotatable bonds is 4. The van der Waals surface area contributed by atoms with Gasteiger partial charge in [0.2, 0.25) is 0 Å². The summed E-state index contributed by atoms with van der Waals surface area (Å²) in [6.07, 6.45) is 3.42. The maximum atomic E-state index is 12.2. The number of pyridine rings is 1. The Morgan fingerprint density at radius 2 is 2.17 bits per heavy atom. The highest BCUT2D eigenvalue weighted by molar-refractivity contribution is 9.10. The molecular formula is C14H20BrNO2. The average Bonchev–Trinajstić information content (AvgIpc) is 2.23. The molecule has 100 valence electrons. The Balaban J connectivity index is 2.92. The van der Waals surface area contributed by atoms with Crippen molar-refractivity contribution >= 4 is 21.9 Å². The van der Waals surface area contributed by atoms with Crippen LogP contribution < -0.4 is 0 Å². The van der Waals surface area contributed by atoms with Crippen molar-refractivity contribution in [3.63, 3.8) is 0 Å². The van der Waals surface area contributed by atoms with E-state index in [1.165, 1.54) is 0 Å². The lowest BCUT2D eigenvalue weighted by Crippen LogP contribution is -2.27. The minimum atomic E-state index is -0.451. The minimum absolute atomic E-state index is 0.164. The second-order valence-electron chi connectivity index (χ2n) is 5.29. The number of carbonyl (C=O) groups is 1. The Morgan fingerprint density at radius 3 is 2.67 bits per heavy atom. The molecule has 4 heteroatoms. The molecule has 1 unspecified atom stereocenters. The van der Waals surface area contributed by atoms with Crippen LogP contribution in [0.1, 0.15) is 52.0 Å². The molecule has 1 aromatic rings. The summed E-state index contributed by atoms with van der Waals surface area (Å²) >= 11 is 3.33. The molecule has 3 nitrogen and oxygen atoms in total. The molecule has 0 fully saturated rings. The lowest BCUT2D eigenvalue weighted by Gasteiger charge is -2.24. The molecule has 0 amide bonds. The van der Waals surface area contributed by atoms with Crippen LogP contribution in [0.25, 0.3) is 0 Å². The standard InChI is InChI=1S/C14H20BrNO2/c1-5-6-11(13(17)18-14(2,3)4)10-7-8-16-12(15)9-10/h7-9,11H,5-6H2,1-4H3. The predicted octanol–water partition coefficient (Wildman–Crippen LogP) is 4.07. The molecule has 0 bridgehead atoms. The van der Waals surface area contributed by atoms with Gasteiger partial charge in [0.25, 0.3) is 0 Å². The Morgan fingerprint density at radius 1 is 1.50 bits per heavy atom. The maximum absolute atomic E-state index is 12.2. The lowest BCUT2D eigenvalue weighted by molar-refractivity contribution is -0.157. The summed E-state index contributed by atoms with van der Waals surface area (Å²) in [5, 5.41) is 0. The SMILES string of the molecule is CCCC(C(=O)OC(C)(C)C)c1ccnc(Br)c1. The van der Waals surface area contributed by atoms with E-state index in [4.69, 9.17) is 4.74 Å². The van der Waals surface area contributed by atoms with Gasteiger partial charge in [-0.2, -0.15) is 0 Å². The highest BCUT2D eigenvalue weighted by Crippen LogP contribution is 2.26. The predicted molar refractivity (Wildman–Crippen MR) is 75.4 cm³/mol. The van der Waals surface area contributed by atoms with Crippen LogP contribution in [0.4, 0.5) is 0 Å².